The Balaban J connectivity index is 1.64. The van der Waals surface area contributed by atoms with E-state index in [2.05, 4.69) is 63.7 Å². The normalized spacial score (nSPS) is 11.4. The molecule has 4 N–H and O–H groups in total. The van der Waals surface area contributed by atoms with Crippen molar-refractivity contribution in [3.8, 4) is 0 Å². The van der Waals surface area contributed by atoms with Crippen LogP contribution in [0, 0.1) is 0 Å². The standard InChI is InChI=1S/C25H37N7/c1-4-5-15-28-24-23-22(30-25(26)31-24)13-12-21(29-23)17-19-8-10-20(11-9-19)18-32(3)16-7-6-14-27-2/h8-13,27H,4-7,14-18H2,1-3H3,(H3,26,28,30,31). The predicted octanol–water partition coefficient (Wildman–Crippen LogP) is 3.84. The second kappa shape index (κ2) is 12.3. The molecule has 32 heavy (non-hydrogen) atoms. The fraction of sp³-hybridized carbons (Fsp3) is 0.480. The minimum absolute atomic E-state index is 0.272. The summed E-state index contributed by atoms with van der Waals surface area (Å²) in [6.45, 7) is 6.19. The van der Waals surface area contributed by atoms with Crippen LogP contribution in [-0.4, -0.2) is 53.6 Å². The van der Waals surface area contributed by atoms with Gasteiger partial charge in [-0.05, 0) is 69.7 Å². The molecule has 2 aromatic heterocycles. The van der Waals surface area contributed by atoms with Gasteiger partial charge in [0, 0.05) is 25.2 Å². The van der Waals surface area contributed by atoms with Crippen LogP contribution in [-0.2, 0) is 13.0 Å². The van der Waals surface area contributed by atoms with Crippen molar-refractivity contribution in [1.82, 2.24) is 25.2 Å². The van der Waals surface area contributed by atoms with E-state index in [9.17, 15) is 0 Å². The fourth-order valence-electron chi connectivity index (χ4n) is 3.72. The number of pyridine rings is 1. The number of nitrogens with two attached hydrogens (primary N) is 1. The third-order valence-electron chi connectivity index (χ3n) is 5.52. The molecule has 7 nitrogen and oxygen atoms in total. The number of nitrogens with zero attached hydrogens (tertiary/aromatic N) is 4. The Hall–Kier alpha value is -2.77. The molecule has 3 aromatic rings. The van der Waals surface area contributed by atoms with Gasteiger partial charge in [0.2, 0.25) is 5.95 Å². The van der Waals surface area contributed by atoms with Crippen molar-refractivity contribution in [3.05, 3.63) is 53.2 Å². The first-order valence-corrected chi connectivity index (χ1v) is 11.7. The van der Waals surface area contributed by atoms with Gasteiger partial charge in [-0.25, -0.2) is 9.97 Å². The number of rotatable bonds is 13. The molecular formula is C25H37N7. The van der Waals surface area contributed by atoms with Gasteiger partial charge in [0.15, 0.2) is 5.82 Å². The zero-order chi connectivity index (χ0) is 22.8. The molecule has 1 aromatic carbocycles. The van der Waals surface area contributed by atoms with E-state index >= 15 is 0 Å². The number of aromatic nitrogens is 3. The lowest BCUT2D eigenvalue weighted by atomic mass is 10.1. The lowest BCUT2D eigenvalue weighted by Crippen LogP contribution is -2.20. The summed E-state index contributed by atoms with van der Waals surface area (Å²) in [5.41, 5.74) is 11.0. The Morgan fingerprint density at radius 3 is 2.44 bits per heavy atom. The SMILES string of the molecule is CCCCNc1nc(N)nc2ccc(Cc3ccc(CN(C)CCCCNC)cc3)nc12. The van der Waals surface area contributed by atoms with Crippen molar-refractivity contribution in [2.75, 3.05) is 44.8 Å². The highest BCUT2D eigenvalue weighted by Gasteiger charge is 2.09. The summed E-state index contributed by atoms with van der Waals surface area (Å²) in [7, 11) is 4.19. The lowest BCUT2D eigenvalue weighted by molar-refractivity contribution is 0.318. The first kappa shape index (κ1) is 23.9. The zero-order valence-corrected chi connectivity index (χ0v) is 19.7. The molecule has 0 fully saturated rings. The van der Waals surface area contributed by atoms with E-state index in [1.165, 1.54) is 24.0 Å². The Bertz CT molecular complexity index is 972. The van der Waals surface area contributed by atoms with E-state index < -0.39 is 0 Å². The van der Waals surface area contributed by atoms with Crippen LogP contribution in [0.3, 0.4) is 0 Å². The Morgan fingerprint density at radius 2 is 1.69 bits per heavy atom. The molecular weight excluding hydrogens is 398 g/mol. The highest BCUT2D eigenvalue weighted by atomic mass is 15.1. The van der Waals surface area contributed by atoms with Crippen LogP contribution in [0.2, 0.25) is 0 Å². The minimum Gasteiger partial charge on any atom is -0.368 e. The third-order valence-corrected chi connectivity index (χ3v) is 5.52. The summed E-state index contributed by atoms with van der Waals surface area (Å²) in [6.07, 6.45) is 5.39. The fourth-order valence-corrected chi connectivity index (χ4v) is 3.72. The van der Waals surface area contributed by atoms with Crippen molar-refractivity contribution in [3.63, 3.8) is 0 Å². The summed E-state index contributed by atoms with van der Waals surface area (Å²) < 4.78 is 0. The number of nitrogen functional groups attached to an aromatic ring is 1. The van der Waals surface area contributed by atoms with Gasteiger partial charge in [0.1, 0.15) is 5.52 Å². The molecule has 0 aliphatic rings. The van der Waals surface area contributed by atoms with Crippen LogP contribution in [0.4, 0.5) is 11.8 Å². The maximum atomic E-state index is 5.88. The quantitative estimate of drug-likeness (QED) is 0.351. The maximum Gasteiger partial charge on any atom is 0.222 e. The average Bonchev–Trinajstić information content (AvgIpc) is 2.78. The Morgan fingerprint density at radius 1 is 0.906 bits per heavy atom. The van der Waals surface area contributed by atoms with Crippen LogP contribution in [0.25, 0.3) is 11.0 Å². The monoisotopic (exact) mass is 435 g/mol. The van der Waals surface area contributed by atoms with Gasteiger partial charge in [0.05, 0.1) is 5.52 Å². The molecule has 3 rings (SSSR count). The number of anilines is 2. The second-order valence-electron chi connectivity index (χ2n) is 8.42. The highest BCUT2D eigenvalue weighted by molar-refractivity contribution is 5.86. The van der Waals surface area contributed by atoms with Crippen LogP contribution in [0.5, 0.6) is 0 Å². The van der Waals surface area contributed by atoms with E-state index in [1.54, 1.807) is 0 Å². The van der Waals surface area contributed by atoms with Gasteiger partial charge in [-0.1, -0.05) is 37.6 Å². The van der Waals surface area contributed by atoms with Crippen molar-refractivity contribution >= 4 is 22.8 Å². The molecule has 0 aliphatic heterocycles. The molecule has 172 valence electrons. The molecule has 0 atom stereocenters. The first-order valence-electron chi connectivity index (χ1n) is 11.7. The number of hydrogen-bond acceptors (Lipinski definition) is 7. The lowest BCUT2D eigenvalue weighted by Gasteiger charge is -2.16. The van der Waals surface area contributed by atoms with Gasteiger partial charge in [-0.2, -0.15) is 4.98 Å². The molecule has 0 saturated heterocycles. The van der Waals surface area contributed by atoms with Crippen LogP contribution < -0.4 is 16.4 Å². The van der Waals surface area contributed by atoms with Crippen molar-refractivity contribution < 1.29 is 0 Å². The molecule has 0 unspecified atom stereocenters. The maximum absolute atomic E-state index is 5.88. The van der Waals surface area contributed by atoms with Gasteiger partial charge in [-0.3, -0.25) is 0 Å². The van der Waals surface area contributed by atoms with Gasteiger partial charge in [-0.15, -0.1) is 0 Å². The predicted molar refractivity (Wildman–Crippen MR) is 134 cm³/mol. The number of benzene rings is 1. The molecule has 0 bridgehead atoms. The molecule has 0 aliphatic carbocycles. The zero-order valence-electron chi connectivity index (χ0n) is 19.7. The molecule has 0 radical (unpaired) electrons. The molecule has 0 saturated carbocycles. The molecule has 0 amide bonds. The smallest absolute Gasteiger partial charge is 0.222 e. The number of fused-ring (bicyclic) bond motifs is 1. The van der Waals surface area contributed by atoms with Gasteiger partial charge in [0.25, 0.3) is 0 Å². The summed E-state index contributed by atoms with van der Waals surface area (Å²) in [4.78, 5) is 16.0. The van der Waals surface area contributed by atoms with Gasteiger partial charge < -0.3 is 21.3 Å². The summed E-state index contributed by atoms with van der Waals surface area (Å²) >= 11 is 0. The number of hydrogen-bond donors (Lipinski definition) is 3. The van der Waals surface area contributed by atoms with Crippen molar-refractivity contribution in [2.45, 2.75) is 45.6 Å². The van der Waals surface area contributed by atoms with Crippen LogP contribution >= 0.6 is 0 Å². The topological polar surface area (TPSA) is 92.0 Å². The first-order chi connectivity index (χ1) is 15.6. The minimum atomic E-state index is 0.272. The van der Waals surface area contributed by atoms with Crippen LogP contribution in [0.15, 0.2) is 36.4 Å². The highest BCUT2D eigenvalue weighted by Crippen LogP contribution is 2.21. The van der Waals surface area contributed by atoms with Crippen molar-refractivity contribution in [2.24, 2.45) is 0 Å². The number of unbranched alkanes of at least 4 members (excludes halogenated alkanes) is 2. The summed E-state index contributed by atoms with van der Waals surface area (Å²) in [5.74, 6) is 0.990. The second-order valence-corrected chi connectivity index (χ2v) is 8.42. The van der Waals surface area contributed by atoms with Crippen molar-refractivity contribution in [1.29, 1.82) is 0 Å². The van der Waals surface area contributed by atoms with E-state index in [0.29, 0.717) is 0 Å². The average molecular weight is 436 g/mol. The van der Waals surface area contributed by atoms with E-state index in [1.807, 2.05) is 19.2 Å². The molecule has 0 spiro atoms. The Kier molecular flexibility index (Phi) is 9.19. The van der Waals surface area contributed by atoms with Crippen LogP contribution in [0.1, 0.15) is 49.4 Å². The third kappa shape index (κ3) is 7.14. The number of nitrogens with one attached hydrogen (secondary N) is 2. The largest absolute Gasteiger partial charge is 0.368 e. The molecule has 7 heteroatoms. The van der Waals surface area contributed by atoms with E-state index in [-0.39, 0.29) is 5.95 Å². The van der Waals surface area contributed by atoms with Gasteiger partial charge >= 0.3 is 0 Å². The van der Waals surface area contributed by atoms with E-state index in [4.69, 9.17) is 10.7 Å². The summed E-state index contributed by atoms with van der Waals surface area (Å²) in [5, 5.41) is 6.57. The summed E-state index contributed by atoms with van der Waals surface area (Å²) in [6, 6.07) is 12.9. The Labute approximate surface area is 191 Å². The molecule has 2 heterocycles. The van der Waals surface area contributed by atoms with E-state index in [0.717, 1.165) is 68.0 Å².